The summed E-state index contributed by atoms with van der Waals surface area (Å²) in [6.45, 7) is 1.98. The molecule has 1 saturated heterocycles. The van der Waals surface area contributed by atoms with Crippen LogP contribution in [0.1, 0.15) is 37.4 Å². The highest BCUT2D eigenvalue weighted by Crippen LogP contribution is 2.26. The van der Waals surface area contributed by atoms with Crippen LogP contribution in [0.5, 0.6) is 0 Å². The first-order valence-electron chi connectivity index (χ1n) is 6.10. The van der Waals surface area contributed by atoms with E-state index in [1.54, 1.807) is 12.5 Å². The average Bonchev–Trinajstić information content (AvgIpc) is 2.73. The van der Waals surface area contributed by atoms with Gasteiger partial charge in [-0.1, -0.05) is 6.42 Å². The zero-order valence-electron chi connectivity index (χ0n) is 10.2. The molecule has 94 valence electrons. The molecule has 0 bridgehead atoms. The van der Waals surface area contributed by atoms with Crippen LogP contribution in [0.15, 0.2) is 12.5 Å². The number of carboxylic acid groups (broad SMARTS) is 1. The third-order valence-corrected chi connectivity index (χ3v) is 3.39. The van der Waals surface area contributed by atoms with Gasteiger partial charge in [0.05, 0.1) is 24.5 Å². The fourth-order valence-electron chi connectivity index (χ4n) is 2.50. The number of carbonyl (C=O) groups is 1. The highest BCUT2D eigenvalue weighted by Gasteiger charge is 2.26. The average molecular weight is 237 g/mol. The van der Waals surface area contributed by atoms with E-state index in [9.17, 15) is 4.79 Å². The lowest BCUT2D eigenvalue weighted by Gasteiger charge is -2.33. The lowest BCUT2D eigenvalue weighted by molar-refractivity contribution is -0.138. The lowest BCUT2D eigenvalue weighted by atomic mass is 10.0. The molecule has 1 fully saturated rings. The lowest BCUT2D eigenvalue weighted by Crippen LogP contribution is -2.35. The Balaban J connectivity index is 2.18. The van der Waals surface area contributed by atoms with Crippen molar-refractivity contribution >= 4 is 5.97 Å². The molecule has 0 amide bonds. The number of aryl methyl sites for hydroxylation is 1. The molecule has 0 radical (unpaired) electrons. The number of rotatable bonds is 4. The van der Waals surface area contributed by atoms with Gasteiger partial charge in [-0.2, -0.15) is 0 Å². The molecule has 2 rings (SSSR count). The van der Waals surface area contributed by atoms with Crippen molar-refractivity contribution in [2.75, 3.05) is 13.1 Å². The maximum Gasteiger partial charge on any atom is 0.305 e. The van der Waals surface area contributed by atoms with Crippen molar-refractivity contribution in [1.29, 1.82) is 0 Å². The van der Waals surface area contributed by atoms with Gasteiger partial charge in [0.1, 0.15) is 0 Å². The number of aromatic nitrogens is 2. The van der Waals surface area contributed by atoms with Crippen LogP contribution in [0.25, 0.3) is 0 Å². The zero-order valence-corrected chi connectivity index (χ0v) is 10.2. The molecule has 1 unspecified atom stereocenters. The third kappa shape index (κ3) is 2.85. The van der Waals surface area contributed by atoms with Crippen molar-refractivity contribution in [2.24, 2.45) is 7.05 Å². The van der Waals surface area contributed by atoms with E-state index in [0.717, 1.165) is 31.6 Å². The van der Waals surface area contributed by atoms with Gasteiger partial charge in [0.25, 0.3) is 0 Å². The number of aliphatic carboxylic acids is 1. The molecule has 1 aromatic rings. The molecular formula is C12H19N3O2. The minimum Gasteiger partial charge on any atom is -0.481 e. The van der Waals surface area contributed by atoms with Crippen LogP contribution in [0.2, 0.25) is 0 Å². The number of likely N-dealkylation sites (tertiary alicyclic amines) is 1. The number of piperidine rings is 1. The van der Waals surface area contributed by atoms with E-state index < -0.39 is 5.97 Å². The predicted molar refractivity (Wildman–Crippen MR) is 63.6 cm³/mol. The molecule has 0 aromatic carbocycles. The highest BCUT2D eigenvalue weighted by molar-refractivity contribution is 5.67. The standard InChI is InChI=1S/C12H19N3O2/c1-14-9-13-8-11(14)10(7-12(16)17)15-5-3-2-4-6-15/h8-10H,2-7H2,1H3,(H,16,17). The summed E-state index contributed by atoms with van der Waals surface area (Å²) < 4.78 is 1.92. The normalized spacial score (nSPS) is 19.1. The molecule has 1 aliphatic heterocycles. The van der Waals surface area contributed by atoms with Crippen LogP contribution in [0, 0.1) is 0 Å². The van der Waals surface area contributed by atoms with E-state index in [0.29, 0.717) is 0 Å². The van der Waals surface area contributed by atoms with Gasteiger partial charge in [0.15, 0.2) is 0 Å². The summed E-state index contributed by atoms with van der Waals surface area (Å²) in [5, 5.41) is 9.05. The summed E-state index contributed by atoms with van der Waals surface area (Å²) in [5.41, 5.74) is 0.995. The van der Waals surface area contributed by atoms with Crippen molar-refractivity contribution < 1.29 is 9.90 Å². The molecule has 0 aliphatic carbocycles. The van der Waals surface area contributed by atoms with Crippen LogP contribution in [0.4, 0.5) is 0 Å². The van der Waals surface area contributed by atoms with Gasteiger partial charge < -0.3 is 9.67 Å². The van der Waals surface area contributed by atoms with Gasteiger partial charge in [-0.05, 0) is 25.9 Å². The second-order valence-electron chi connectivity index (χ2n) is 4.64. The molecular weight excluding hydrogens is 218 g/mol. The van der Waals surface area contributed by atoms with Gasteiger partial charge in [-0.25, -0.2) is 4.98 Å². The molecule has 1 aromatic heterocycles. The first kappa shape index (κ1) is 12.1. The van der Waals surface area contributed by atoms with E-state index in [1.807, 2.05) is 11.6 Å². The number of hydrogen-bond acceptors (Lipinski definition) is 3. The molecule has 1 N–H and O–H groups in total. The maximum absolute atomic E-state index is 11.0. The molecule has 5 nitrogen and oxygen atoms in total. The Labute approximate surface area is 101 Å². The Morgan fingerprint density at radius 1 is 1.47 bits per heavy atom. The largest absolute Gasteiger partial charge is 0.481 e. The van der Waals surface area contributed by atoms with E-state index in [1.165, 1.54) is 6.42 Å². The summed E-state index contributed by atoms with van der Waals surface area (Å²) in [7, 11) is 1.92. The fourth-order valence-corrected chi connectivity index (χ4v) is 2.50. The van der Waals surface area contributed by atoms with Crippen LogP contribution in [-0.2, 0) is 11.8 Å². The van der Waals surface area contributed by atoms with Crippen LogP contribution in [0.3, 0.4) is 0 Å². The summed E-state index contributed by atoms with van der Waals surface area (Å²) in [5.74, 6) is -0.748. The molecule has 0 saturated carbocycles. The van der Waals surface area contributed by atoms with Gasteiger partial charge in [-0.3, -0.25) is 9.69 Å². The SMILES string of the molecule is Cn1cncc1C(CC(=O)O)N1CCCCC1. The van der Waals surface area contributed by atoms with Crippen molar-refractivity contribution in [3.8, 4) is 0 Å². The number of nitrogens with zero attached hydrogens (tertiary/aromatic N) is 3. The van der Waals surface area contributed by atoms with Crippen LogP contribution >= 0.6 is 0 Å². The van der Waals surface area contributed by atoms with Crippen molar-refractivity contribution in [3.63, 3.8) is 0 Å². The smallest absolute Gasteiger partial charge is 0.305 e. The maximum atomic E-state index is 11.0. The van der Waals surface area contributed by atoms with Crippen molar-refractivity contribution in [1.82, 2.24) is 14.5 Å². The minimum atomic E-state index is -0.748. The predicted octanol–water partition coefficient (Wildman–Crippen LogP) is 1.42. The Kier molecular flexibility index (Phi) is 3.78. The van der Waals surface area contributed by atoms with Gasteiger partial charge >= 0.3 is 5.97 Å². The molecule has 1 atom stereocenters. The topological polar surface area (TPSA) is 58.4 Å². The Bertz CT molecular complexity index is 383. The Morgan fingerprint density at radius 2 is 2.18 bits per heavy atom. The highest BCUT2D eigenvalue weighted by atomic mass is 16.4. The first-order chi connectivity index (χ1) is 8.18. The van der Waals surface area contributed by atoms with Gasteiger partial charge in [-0.15, -0.1) is 0 Å². The monoisotopic (exact) mass is 237 g/mol. The Morgan fingerprint density at radius 3 is 2.71 bits per heavy atom. The quantitative estimate of drug-likeness (QED) is 0.860. The van der Waals surface area contributed by atoms with E-state index in [-0.39, 0.29) is 12.5 Å². The number of hydrogen-bond donors (Lipinski definition) is 1. The number of imidazole rings is 1. The van der Waals surface area contributed by atoms with Crippen LogP contribution in [-0.4, -0.2) is 38.6 Å². The second-order valence-corrected chi connectivity index (χ2v) is 4.64. The second kappa shape index (κ2) is 5.31. The molecule has 17 heavy (non-hydrogen) atoms. The van der Waals surface area contributed by atoms with Gasteiger partial charge in [0, 0.05) is 13.2 Å². The fraction of sp³-hybridized carbons (Fsp3) is 0.667. The zero-order chi connectivity index (χ0) is 12.3. The Hall–Kier alpha value is -1.36. The number of carboxylic acids is 1. The van der Waals surface area contributed by atoms with Crippen LogP contribution < -0.4 is 0 Å². The van der Waals surface area contributed by atoms with Gasteiger partial charge in [0.2, 0.25) is 0 Å². The molecule has 1 aliphatic rings. The third-order valence-electron chi connectivity index (χ3n) is 3.39. The minimum absolute atomic E-state index is 0.0414. The summed E-state index contributed by atoms with van der Waals surface area (Å²) >= 11 is 0. The van der Waals surface area contributed by atoms with E-state index in [4.69, 9.17) is 5.11 Å². The molecule has 0 spiro atoms. The summed E-state index contributed by atoms with van der Waals surface area (Å²) in [6, 6.07) is -0.0414. The van der Waals surface area contributed by atoms with Crippen molar-refractivity contribution in [2.45, 2.75) is 31.7 Å². The van der Waals surface area contributed by atoms with Crippen molar-refractivity contribution in [3.05, 3.63) is 18.2 Å². The van der Waals surface area contributed by atoms with E-state index >= 15 is 0 Å². The first-order valence-corrected chi connectivity index (χ1v) is 6.10. The van der Waals surface area contributed by atoms with E-state index in [2.05, 4.69) is 9.88 Å². The molecule has 2 heterocycles. The summed E-state index contributed by atoms with van der Waals surface area (Å²) in [4.78, 5) is 17.4. The molecule has 5 heteroatoms. The summed E-state index contributed by atoms with van der Waals surface area (Å²) in [6.07, 6.45) is 7.24.